The van der Waals surface area contributed by atoms with E-state index in [4.69, 9.17) is 4.42 Å². The van der Waals surface area contributed by atoms with Gasteiger partial charge in [0.2, 0.25) is 5.89 Å². The maximum absolute atomic E-state index is 5.63. The van der Waals surface area contributed by atoms with Crippen LogP contribution in [0.5, 0.6) is 0 Å². The van der Waals surface area contributed by atoms with Crippen LogP contribution in [-0.2, 0) is 6.54 Å². The minimum absolute atomic E-state index is 0.560. The maximum atomic E-state index is 5.63. The third-order valence-electron chi connectivity index (χ3n) is 3.74. The van der Waals surface area contributed by atoms with Gasteiger partial charge in [-0.2, -0.15) is 0 Å². The van der Waals surface area contributed by atoms with Crippen LogP contribution < -0.4 is 0 Å². The fraction of sp³-hybridized carbons (Fsp3) is 0.111. The summed E-state index contributed by atoms with van der Waals surface area (Å²) in [6.45, 7) is 2.58. The summed E-state index contributed by atoms with van der Waals surface area (Å²) in [7, 11) is 0. The van der Waals surface area contributed by atoms with E-state index in [1.807, 2.05) is 18.2 Å². The third kappa shape index (κ3) is 2.19. The van der Waals surface area contributed by atoms with Gasteiger partial charge in [-0.1, -0.05) is 48.5 Å². The minimum atomic E-state index is 0.560. The molecule has 0 atom stereocenters. The standard InChI is InChI=1S/C18H15N3O/c1-13-19-20-18(22-13)17-11-15-9-5-6-10-16(15)21(17)12-14-7-3-2-4-8-14/h2-11H,12H2,1H3. The Kier molecular flexibility index (Phi) is 3.00. The highest BCUT2D eigenvalue weighted by Crippen LogP contribution is 2.28. The number of para-hydroxylation sites is 1. The molecule has 0 N–H and O–H groups in total. The van der Waals surface area contributed by atoms with E-state index in [1.165, 1.54) is 10.9 Å². The van der Waals surface area contributed by atoms with E-state index in [-0.39, 0.29) is 0 Å². The second-order valence-electron chi connectivity index (χ2n) is 5.29. The van der Waals surface area contributed by atoms with Gasteiger partial charge in [0, 0.05) is 24.4 Å². The van der Waals surface area contributed by atoms with E-state index < -0.39 is 0 Å². The molecule has 0 bridgehead atoms. The van der Waals surface area contributed by atoms with Crippen LogP contribution in [0.25, 0.3) is 22.5 Å². The van der Waals surface area contributed by atoms with Gasteiger partial charge in [0.05, 0.1) is 0 Å². The van der Waals surface area contributed by atoms with Gasteiger partial charge in [-0.25, -0.2) is 0 Å². The maximum Gasteiger partial charge on any atom is 0.264 e. The molecular weight excluding hydrogens is 274 g/mol. The first-order valence-electron chi connectivity index (χ1n) is 7.24. The zero-order chi connectivity index (χ0) is 14.9. The Labute approximate surface area is 128 Å². The summed E-state index contributed by atoms with van der Waals surface area (Å²) in [6.07, 6.45) is 0. The molecule has 0 unspecified atom stereocenters. The van der Waals surface area contributed by atoms with Crippen molar-refractivity contribution in [3.63, 3.8) is 0 Å². The molecule has 0 saturated carbocycles. The molecular formula is C18H15N3O. The van der Waals surface area contributed by atoms with Gasteiger partial charge in [0.25, 0.3) is 5.89 Å². The van der Waals surface area contributed by atoms with Gasteiger partial charge in [0.1, 0.15) is 5.69 Å². The minimum Gasteiger partial charge on any atom is -0.420 e. The highest BCUT2D eigenvalue weighted by atomic mass is 16.4. The average Bonchev–Trinajstić information content (AvgIpc) is 3.13. The predicted octanol–water partition coefficient (Wildman–Crippen LogP) is 4.05. The zero-order valence-corrected chi connectivity index (χ0v) is 12.2. The number of benzene rings is 2. The van der Waals surface area contributed by atoms with Crippen molar-refractivity contribution in [3.8, 4) is 11.6 Å². The quantitative estimate of drug-likeness (QED) is 0.571. The topological polar surface area (TPSA) is 43.9 Å². The molecule has 0 fully saturated rings. The molecule has 0 radical (unpaired) electrons. The van der Waals surface area contributed by atoms with Crippen LogP contribution in [0, 0.1) is 6.92 Å². The Morgan fingerprint density at radius 3 is 2.50 bits per heavy atom. The third-order valence-corrected chi connectivity index (χ3v) is 3.74. The smallest absolute Gasteiger partial charge is 0.264 e. The molecule has 108 valence electrons. The van der Waals surface area contributed by atoms with Gasteiger partial charge in [-0.3, -0.25) is 0 Å². The molecule has 0 saturated heterocycles. The fourth-order valence-electron chi connectivity index (χ4n) is 2.72. The molecule has 4 aromatic rings. The Hall–Kier alpha value is -2.88. The summed E-state index contributed by atoms with van der Waals surface area (Å²) in [6, 6.07) is 20.8. The van der Waals surface area contributed by atoms with Crippen molar-refractivity contribution in [1.29, 1.82) is 0 Å². The Bertz CT molecular complexity index is 922. The largest absolute Gasteiger partial charge is 0.420 e. The summed E-state index contributed by atoms with van der Waals surface area (Å²) < 4.78 is 7.85. The molecule has 4 heteroatoms. The highest BCUT2D eigenvalue weighted by molar-refractivity contribution is 5.85. The summed E-state index contributed by atoms with van der Waals surface area (Å²) in [5.41, 5.74) is 3.35. The molecule has 2 heterocycles. The van der Waals surface area contributed by atoms with Crippen LogP contribution >= 0.6 is 0 Å². The summed E-state index contributed by atoms with van der Waals surface area (Å²) >= 11 is 0. The van der Waals surface area contributed by atoms with E-state index in [1.54, 1.807) is 6.92 Å². The number of hydrogen-bond acceptors (Lipinski definition) is 3. The summed E-state index contributed by atoms with van der Waals surface area (Å²) in [5, 5.41) is 9.30. The number of aryl methyl sites for hydroxylation is 1. The molecule has 2 aromatic heterocycles. The van der Waals surface area contributed by atoms with Crippen molar-refractivity contribution in [3.05, 3.63) is 72.1 Å². The predicted molar refractivity (Wildman–Crippen MR) is 85.5 cm³/mol. The second-order valence-corrected chi connectivity index (χ2v) is 5.29. The molecule has 4 rings (SSSR count). The number of fused-ring (bicyclic) bond motifs is 1. The van der Waals surface area contributed by atoms with E-state index in [2.05, 4.69) is 57.2 Å². The van der Waals surface area contributed by atoms with Gasteiger partial charge in [-0.05, 0) is 17.7 Å². The molecule has 0 spiro atoms. The van der Waals surface area contributed by atoms with Gasteiger partial charge in [-0.15, -0.1) is 10.2 Å². The molecule has 0 aliphatic rings. The van der Waals surface area contributed by atoms with Crippen LogP contribution in [0.2, 0.25) is 0 Å². The van der Waals surface area contributed by atoms with Crippen molar-refractivity contribution < 1.29 is 4.42 Å². The van der Waals surface area contributed by atoms with Crippen LogP contribution in [0.15, 0.2) is 65.1 Å². The Morgan fingerprint density at radius 2 is 1.73 bits per heavy atom. The highest BCUT2D eigenvalue weighted by Gasteiger charge is 2.15. The van der Waals surface area contributed by atoms with E-state index in [0.29, 0.717) is 11.8 Å². The van der Waals surface area contributed by atoms with Crippen molar-refractivity contribution in [1.82, 2.24) is 14.8 Å². The lowest BCUT2D eigenvalue weighted by Crippen LogP contribution is -2.01. The van der Waals surface area contributed by atoms with Crippen molar-refractivity contribution >= 4 is 10.9 Å². The van der Waals surface area contributed by atoms with E-state index >= 15 is 0 Å². The van der Waals surface area contributed by atoms with Crippen LogP contribution in [0.3, 0.4) is 0 Å². The van der Waals surface area contributed by atoms with Crippen LogP contribution in [0.4, 0.5) is 0 Å². The SMILES string of the molecule is Cc1nnc(-c2cc3ccccc3n2Cc2ccccc2)o1. The Balaban J connectivity index is 1.90. The monoisotopic (exact) mass is 289 g/mol. The first kappa shape index (κ1) is 12.8. The molecule has 0 amide bonds. The summed E-state index contributed by atoms with van der Waals surface area (Å²) in [5.74, 6) is 1.14. The molecule has 0 aliphatic carbocycles. The van der Waals surface area contributed by atoms with Crippen molar-refractivity contribution in [2.45, 2.75) is 13.5 Å². The zero-order valence-electron chi connectivity index (χ0n) is 12.2. The van der Waals surface area contributed by atoms with Crippen molar-refractivity contribution in [2.75, 3.05) is 0 Å². The Morgan fingerprint density at radius 1 is 0.955 bits per heavy atom. The first-order valence-corrected chi connectivity index (χ1v) is 7.24. The summed E-state index contributed by atoms with van der Waals surface area (Å²) in [4.78, 5) is 0. The van der Waals surface area contributed by atoms with E-state index in [9.17, 15) is 0 Å². The van der Waals surface area contributed by atoms with Gasteiger partial charge < -0.3 is 8.98 Å². The molecule has 0 aliphatic heterocycles. The molecule has 2 aromatic carbocycles. The number of hydrogen-bond donors (Lipinski definition) is 0. The lowest BCUT2D eigenvalue weighted by Gasteiger charge is -2.08. The number of nitrogens with zero attached hydrogens (tertiary/aromatic N) is 3. The number of rotatable bonds is 3. The lowest BCUT2D eigenvalue weighted by atomic mass is 10.2. The van der Waals surface area contributed by atoms with Gasteiger partial charge in [0.15, 0.2) is 0 Å². The first-order chi connectivity index (χ1) is 10.8. The number of aromatic nitrogens is 3. The van der Waals surface area contributed by atoms with Crippen LogP contribution in [-0.4, -0.2) is 14.8 Å². The van der Waals surface area contributed by atoms with Gasteiger partial charge >= 0.3 is 0 Å². The van der Waals surface area contributed by atoms with Crippen LogP contribution in [0.1, 0.15) is 11.5 Å². The van der Waals surface area contributed by atoms with Crippen molar-refractivity contribution in [2.24, 2.45) is 0 Å². The second kappa shape index (κ2) is 5.15. The molecule has 22 heavy (non-hydrogen) atoms. The van der Waals surface area contributed by atoms with E-state index in [0.717, 1.165) is 17.8 Å². The molecule has 4 nitrogen and oxygen atoms in total. The lowest BCUT2D eigenvalue weighted by molar-refractivity contribution is 0.528. The average molecular weight is 289 g/mol. The normalized spacial score (nSPS) is 11.1. The fourth-order valence-corrected chi connectivity index (χ4v) is 2.72.